The van der Waals surface area contributed by atoms with Crippen LogP contribution in [-0.2, 0) is 16.6 Å². The summed E-state index contributed by atoms with van der Waals surface area (Å²) in [5, 5.41) is 7.63. The number of fused-ring (bicyclic) bond motifs is 1. The minimum absolute atomic E-state index is 0.385. The number of sulfonamides is 1. The van der Waals surface area contributed by atoms with Gasteiger partial charge < -0.3 is 24.8 Å². The van der Waals surface area contributed by atoms with E-state index in [-0.39, 0.29) is 0 Å². The fourth-order valence-corrected chi connectivity index (χ4v) is 5.11. The van der Waals surface area contributed by atoms with Crippen molar-refractivity contribution in [2.45, 2.75) is 19.5 Å². The summed E-state index contributed by atoms with van der Waals surface area (Å²) < 4.78 is 33.1. The first kappa shape index (κ1) is 25.7. The van der Waals surface area contributed by atoms with Crippen molar-refractivity contribution < 1.29 is 13.2 Å². The van der Waals surface area contributed by atoms with E-state index in [9.17, 15) is 8.42 Å². The van der Waals surface area contributed by atoms with Crippen molar-refractivity contribution >= 4 is 44.2 Å². The zero-order valence-electron chi connectivity index (χ0n) is 21.9. The average molecular weight is 537 g/mol. The van der Waals surface area contributed by atoms with Crippen LogP contribution < -0.4 is 24.6 Å². The van der Waals surface area contributed by atoms with Crippen LogP contribution in [0.4, 0.5) is 23.1 Å². The smallest absolute Gasteiger partial charge is 0.233 e. The number of aromatic nitrogens is 4. The fraction of sp³-hybridized carbons (Fsp3) is 0.346. The van der Waals surface area contributed by atoms with Gasteiger partial charge in [0.1, 0.15) is 17.2 Å². The fourth-order valence-electron chi connectivity index (χ4n) is 4.63. The van der Waals surface area contributed by atoms with Crippen molar-refractivity contribution in [2.75, 3.05) is 54.6 Å². The van der Waals surface area contributed by atoms with E-state index in [1.807, 2.05) is 35.0 Å². The minimum Gasteiger partial charge on any atom is -0.495 e. The van der Waals surface area contributed by atoms with Crippen LogP contribution >= 0.6 is 0 Å². The van der Waals surface area contributed by atoms with Crippen molar-refractivity contribution in [3.8, 4) is 5.75 Å². The summed E-state index contributed by atoms with van der Waals surface area (Å²) in [5.41, 5.74) is 3.35. The maximum Gasteiger partial charge on any atom is 0.233 e. The lowest BCUT2D eigenvalue weighted by molar-refractivity contribution is 0.410. The van der Waals surface area contributed by atoms with Gasteiger partial charge in [-0.3, -0.25) is 4.31 Å². The molecule has 0 spiro atoms. The van der Waals surface area contributed by atoms with Crippen molar-refractivity contribution in [1.29, 1.82) is 0 Å². The highest BCUT2D eigenvalue weighted by Crippen LogP contribution is 2.33. The lowest BCUT2D eigenvalue weighted by Crippen LogP contribution is -2.49. The Hall–Kier alpha value is -3.90. The summed E-state index contributed by atoms with van der Waals surface area (Å²) in [6, 6.07) is 12.0. The van der Waals surface area contributed by atoms with Gasteiger partial charge in [0.05, 0.1) is 25.6 Å². The average Bonchev–Trinajstić information content (AvgIpc) is 3.30. The molecule has 1 aliphatic heterocycles. The van der Waals surface area contributed by atoms with Crippen LogP contribution in [0.1, 0.15) is 12.5 Å². The normalized spacial score (nSPS) is 16.0. The van der Waals surface area contributed by atoms with E-state index < -0.39 is 10.0 Å². The van der Waals surface area contributed by atoms with Gasteiger partial charge >= 0.3 is 0 Å². The molecule has 0 bridgehead atoms. The zero-order chi connectivity index (χ0) is 26.9. The number of benzene rings is 1. The van der Waals surface area contributed by atoms with Gasteiger partial charge in [0.15, 0.2) is 0 Å². The summed E-state index contributed by atoms with van der Waals surface area (Å²) in [4.78, 5) is 15.9. The molecule has 38 heavy (non-hydrogen) atoms. The number of methoxy groups -OCH3 is 1. The number of pyridine rings is 1. The van der Waals surface area contributed by atoms with E-state index in [0.29, 0.717) is 24.4 Å². The molecule has 0 amide bonds. The molecule has 3 aromatic heterocycles. The van der Waals surface area contributed by atoms with Crippen LogP contribution in [0.15, 0.2) is 55.0 Å². The van der Waals surface area contributed by atoms with Crippen molar-refractivity contribution in [1.82, 2.24) is 24.8 Å². The van der Waals surface area contributed by atoms with Crippen molar-refractivity contribution in [3.63, 3.8) is 0 Å². The molecule has 4 aromatic rings. The molecule has 1 saturated heterocycles. The number of hydrogen-bond donors (Lipinski definition) is 2. The molecule has 0 aliphatic carbocycles. The SMILES string of the molecule is COc1cc(Nc2ncc3ccn(Cc4cccnc4N(C)S(C)(=O)=O)c3n2)ccc1N1CCNC(C)C1. The third kappa shape index (κ3) is 5.36. The monoisotopic (exact) mass is 536 g/mol. The Bertz CT molecular complexity index is 1560. The van der Waals surface area contributed by atoms with Gasteiger partial charge in [-0.25, -0.2) is 18.4 Å². The van der Waals surface area contributed by atoms with E-state index in [2.05, 4.69) is 38.5 Å². The lowest BCUT2D eigenvalue weighted by Gasteiger charge is -2.34. The van der Waals surface area contributed by atoms with Crippen LogP contribution in [0.25, 0.3) is 11.0 Å². The van der Waals surface area contributed by atoms with Gasteiger partial charge in [-0.2, -0.15) is 4.98 Å². The molecule has 2 N–H and O–H groups in total. The summed E-state index contributed by atoms with van der Waals surface area (Å²) in [6.07, 6.45) is 6.42. The van der Waals surface area contributed by atoms with E-state index in [1.165, 1.54) is 11.4 Å². The van der Waals surface area contributed by atoms with Crippen LogP contribution in [0.2, 0.25) is 0 Å². The van der Waals surface area contributed by atoms with Gasteiger partial charge in [0.2, 0.25) is 16.0 Å². The van der Waals surface area contributed by atoms with Crippen LogP contribution in [-0.4, -0.2) is 74.0 Å². The number of hydrogen-bond acceptors (Lipinski definition) is 9. The summed E-state index contributed by atoms with van der Waals surface area (Å²) >= 11 is 0. The standard InChI is InChI=1S/C26H32N8O3S/c1-18-16-33(13-11-27-18)22-8-7-21(14-23(22)37-3)30-26-29-15-19-9-12-34(25(19)31-26)17-20-6-5-10-28-24(20)32(2)38(4,35)36/h5-10,12,14-15,18,27H,11,13,16-17H2,1-4H3,(H,29,30,31). The van der Waals surface area contributed by atoms with Crippen LogP contribution in [0.5, 0.6) is 5.75 Å². The van der Waals surface area contributed by atoms with E-state index >= 15 is 0 Å². The highest BCUT2D eigenvalue weighted by molar-refractivity contribution is 7.92. The Labute approximate surface area is 222 Å². The molecule has 12 heteroatoms. The predicted molar refractivity (Wildman–Crippen MR) is 150 cm³/mol. The number of piperazine rings is 1. The number of rotatable bonds is 8. The first-order chi connectivity index (χ1) is 18.2. The second kappa shape index (κ2) is 10.5. The topological polar surface area (TPSA) is 118 Å². The quantitative estimate of drug-likeness (QED) is 0.350. The molecule has 0 radical (unpaired) electrons. The van der Waals surface area contributed by atoms with Crippen molar-refractivity contribution in [2.24, 2.45) is 0 Å². The molecule has 1 atom stereocenters. The van der Waals surface area contributed by atoms with Gasteiger partial charge in [0.25, 0.3) is 0 Å². The van der Waals surface area contributed by atoms with Gasteiger partial charge in [-0.15, -0.1) is 0 Å². The van der Waals surface area contributed by atoms with Crippen molar-refractivity contribution in [3.05, 3.63) is 60.6 Å². The molecule has 0 saturated carbocycles. The maximum atomic E-state index is 12.1. The van der Waals surface area contributed by atoms with E-state index in [0.717, 1.165) is 59.6 Å². The maximum absolute atomic E-state index is 12.1. The Balaban J connectivity index is 1.40. The second-order valence-corrected chi connectivity index (χ2v) is 11.5. The molecule has 1 fully saturated rings. The number of nitrogens with one attached hydrogen (secondary N) is 2. The Morgan fingerprint density at radius 3 is 2.84 bits per heavy atom. The Kier molecular flexibility index (Phi) is 7.09. The number of ether oxygens (including phenoxy) is 1. The number of nitrogens with zero attached hydrogens (tertiary/aromatic N) is 6. The molecule has 1 aliphatic rings. The second-order valence-electron chi connectivity index (χ2n) is 9.45. The summed E-state index contributed by atoms with van der Waals surface area (Å²) in [7, 11) is -0.271. The predicted octanol–water partition coefficient (Wildman–Crippen LogP) is 2.82. The molecular weight excluding hydrogens is 504 g/mol. The number of anilines is 4. The molecule has 200 valence electrons. The molecule has 1 unspecified atom stereocenters. The van der Waals surface area contributed by atoms with Gasteiger partial charge in [-0.05, 0) is 31.2 Å². The molecule has 4 heterocycles. The summed E-state index contributed by atoms with van der Waals surface area (Å²) in [6.45, 7) is 5.34. The lowest BCUT2D eigenvalue weighted by atomic mass is 10.2. The molecule has 11 nitrogen and oxygen atoms in total. The van der Waals surface area contributed by atoms with Gasteiger partial charge in [-0.1, -0.05) is 6.07 Å². The van der Waals surface area contributed by atoms with E-state index in [1.54, 1.807) is 25.6 Å². The summed E-state index contributed by atoms with van der Waals surface area (Å²) in [5.74, 6) is 1.62. The first-order valence-corrected chi connectivity index (χ1v) is 14.2. The van der Waals surface area contributed by atoms with Crippen LogP contribution in [0, 0.1) is 0 Å². The van der Waals surface area contributed by atoms with E-state index in [4.69, 9.17) is 9.72 Å². The zero-order valence-corrected chi connectivity index (χ0v) is 22.7. The minimum atomic E-state index is -3.45. The largest absolute Gasteiger partial charge is 0.495 e. The highest BCUT2D eigenvalue weighted by atomic mass is 32.2. The first-order valence-electron chi connectivity index (χ1n) is 12.4. The third-order valence-electron chi connectivity index (χ3n) is 6.65. The van der Waals surface area contributed by atoms with Gasteiger partial charge in [0, 0.05) is 74.0 Å². The Morgan fingerprint density at radius 1 is 1.24 bits per heavy atom. The molecule has 5 rings (SSSR count). The highest BCUT2D eigenvalue weighted by Gasteiger charge is 2.20. The van der Waals surface area contributed by atoms with Crippen LogP contribution in [0.3, 0.4) is 0 Å². The molecule has 1 aromatic carbocycles. The third-order valence-corrected chi connectivity index (χ3v) is 7.82. The Morgan fingerprint density at radius 2 is 2.08 bits per heavy atom. The molecular formula is C26H32N8O3S.